The molecule has 1 heterocycles. The Labute approximate surface area is 214 Å². The summed E-state index contributed by atoms with van der Waals surface area (Å²) >= 11 is 0. The monoisotopic (exact) mass is 477 g/mol. The average Bonchev–Trinajstić information content (AvgIpc) is 2.86. The van der Waals surface area contributed by atoms with Crippen molar-refractivity contribution >= 4 is 16.7 Å². The van der Waals surface area contributed by atoms with Gasteiger partial charge in [-0.25, -0.2) is 9.97 Å². The molecule has 1 fully saturated rings. The van der Waals surface area contributed by atoms with Crippen LogP contribution in [-0.4, -0.2) is 30.7 Å². The van der Waals surface area contributed by atoms with Crippen LogP contribution in [0.1, 0.15) is 66.2 Å². The van der Waals surface area contributed by atoms with E-state index in [9.17, 15) is 0 Å². The van der Waals surface area contributed by atoms with Gasteiger partial charge in [0.15, 0.2) is 0 Å². The van der Waals surface area contributed by atoms with Crippen LogP contribution in [-0.2, 0) is 17.8 Å². The second-order valence-corrected chi connectivity index (χ2v) is 9.59. The fourth-order valence-electron chi connectivity index (χ4n) is 4.38. The van der Waals surface area contributed by atoms with E-state index in [1.54, 1.807) is 0 Å². The van der Waals surface area contributed by atoms with E-state index in [0.717, 1.165) is 47.2 Å². The zero-order chi connectivity index (χ0) is 24.2. The predicted molar refractivity (Wildman–Crippen MR) is 153 cm³/mol. The molecule has 0 saturated heterocycles. The molecule has 1 saturated carbocycles. The minimum atomic E-state index is 0. The largest absolute Gasteiger partial charge is 0.373 e. The Kier molecular flexibility index (Phi) is 12.5. The number of aromatic nitrogens is 2. The first kappa shape index (κ1) is 28.5. The molecule has 3 aromatic rings. The molecule has 1 aromatic heterocycles. The Hall–Kier alpha value is -2.72. The van der Waals surface area contributed by atoms with Gasteiger partial charge in [-0.2, -0.15) is 0 Å². The number of fused-ring (bicyclic) bond motifs is 1. The predicted octanol–water partition coefficient (Wildman–Crippen LogP) is 8.12. The number of rotatable bonds is 8. The standard InChI is InChI=1S/C18H25N3.C12H16O.CH4.H2/c1-13-8-10-14(11-9-13)12-17-19-16-7-5-4-6-15(16)18(20-17)21(2)3;1-2-3-7-10-13-11-12-8-5-4-6-9-12;;/h4-7,13-14H,8-12H2,1-3H3;3-9H,2,10-11H2,1H3;1H4;1H/b;7-3+;;. The molecule has 0 aliphatic heterocycles. The first-order chi connectivity index (χ1) is 16.6. The number of para-hydroxylation sites is 1. The highest BCUT2D eigenvalue weighted by atomic mass is 16.5. The van der Waals surface area contributed by atoms with E-state index in [4.69, 9.17) is 14.7 Å². The van der Waals surface area contributed by atoms with Crippen molar-refractivity contribution in [1.29, 1.82) is 0 Å². The molecule has 0 radical (unpaired) electrons. The number of hydrogen-bond donors (Lipinski definition) is 0. The quantitative estimate of drug-likeness (QED) is 0.242. The van der Waals surface area contributed by atoms with E-state index in [1.807, 2.05) is 18.2 Å². The molecule has 192 valence electrons. The van der Waals surface area contributed by atoms with E-state index in [0.29, 0.717) is 13.2 Å². The third-order valence-corrected chi connectivity index (χ3v) is 6.39. The molecule has 1 aliphatic carbocycles. The molecular weight excluding hydrogens is 430 g/mol. The topological polar surface area (TPSA) is 38.2 Å². The molecule has 1 aliphatic rings. The fourth-order valence-corrected chi connectivity index (χ4v) is 4.38. The first-order valence-corrected chi connectivity index (χ1v) is 12.8. The van der Waals surface area contributed by atoms with Crippen molar-refractivity contribution in [2.75, 3.05) is 25.6 Å². The minimum Gasteiger partial charge on any atom is -0.373 e. The number of benzene rings is 2. The lowest BCUT2D eigenvalue weighted by molar-refractivity contribution is 0.148. The summed E-state index contributed by atoms with van der Waals surface area (Å²) in [6.07, 6.45) is 11.7. The van der Waals surface area contributed by atoms with Crippen molar-refractivity contribution in [3.63, 3.8) is 0 Å². The van der Waals surface area contributed by atoms with E-state index in [-0.39, 0.29) is 8.85 Å². The summed E-state index contributed by atoms with van der Waals surface area (Å²) in [5, 5.41) is 1.14. The molecule has 0 amide bonds. The lowest BCUT2D eigenvalue weighted by Gasteiger charge is -2.26. The molecule has 4 heteroatoms. The Bertz CT molecular complexity index is 1010. The summed E-state index contributed by atoms with van der Waals surface area (Å²) in [5.41, 5.74) is 2.29. The van der Waals surface area contributed by atoms with Crippen LogP contribution in [0.2, 0.25) is 0 Å². The smallest absolute Gasteiger partial charge is 0.139 e. The summed E-state index contributed by atoms with van der Waals surface area (Å²) in [6, 6.07) is 18.5. The highest BCUT2D eigenvalue weighted by molar-refractivity contribution is 5.89. The number of nitrogens with zero attached hydrogens (tertiary/aromatic N) is 3. The van der Waals surface area contributed by atoms with Gasteiger partial charge in [-0.15, -0.1) is 0 Å². The Morgan fingerprint density at radius 2 is 1.63 bits per heavy atom. The van der Waals surface area contributed by atoms with Gasteiger partial charge in [-0.05, 0) is 48.8 Å². The number of anilines is 1. The van der Waals surface area contributed by atoms with E-state index in [1.165, 1.54) is 31.2 Å². The molecular formula is C31H47N3O. The molecule has 4 rings (SSSR count). The SMILES string of the molecule is C.CC/C=C/COCc1ccccc1.CC1CCC(Cc2nc(N(C)C)c3ccccc3n2)CC1.[HH]. The highest BCUT2D eigenvalue weighted by Crippen LogP contribution is 2.31. The van der Waals surface area contributed by atoms with E-state index >= 15 is 0 Å². The molecule has 0 atom stereocenters. The maximum Gasteiger partial charge on any atom is 0.139 e. The maximum absolute atomic E-state index is 5.43. The third-order valence-electron chi connectivity index (χ3n) is 6.39. The number of hydrogen-bond acceptors (Lipinski definition) is 4. The highest BCUT2D eigenvalue weighted by Gasteiger charge is 2.20. The molecule has 0 unspecified atom stereocenters. The lowest BCUT2D eigenvalue weighted by Crippen LogP contribution is -2.17. The van der Waals surface area contributed by atoms with Gasteiger partial charge in [0.05, 0.1) is 18.7 Å². The van der Waals surface area contributed by atoms with Crippen LogP contribution in [0.4, 0.5) is 5.82 Å². The van der Waals surface area contributed by atoms with Gasteiger partial charge in [-0.1, -0.05) is 88.7 Å². The van der Waals surface area contributed by atoms with Gasteiger partial charge >= 0.3 is 0 Å². The van der Waals surface area contributed by atoms with Gasteiger partial charge in [0.25, 0.3) is 0 Å². The molecule has 35 heavy (non-hydrogen) atoms. The van der Waals surface area contributed by atoms with Gasteiger partial charge in [0.2, 0.25) is 0 Å². The molecule has 0 N–H and O–H groups in total. The van der Waals surface area contributed by atoms with Crippen LogP contribution in [0.3, 0.4) is 0 Å². The molecule has 0 bridgehead atoms. The number of allylic oxidation sites excluding steroid dienone is 1. The zero-order valence-corrected chi connectivity index (χ0v) is 21.4. The minimum absolute atomic E-state index is 0. The van der Waals surface area contributed by atoms with E-state index < -0.39 is 0 Å². The van der Waals surface area contributed by atoms with Gasteiger partial charge in [0.1, 0.15) is 11.6 Å². The Morgan fingerprint density at radius 3 is 2.31 bits per heavy atom. The van der Waals surface area contributed by atoms with Crippen molar-refractivity contribution in [3.05, 3.63) is 78.1 Å². The third kappa shape index (κ3) is 9.45. The molecule has 0 spiro atoms. The van der Waals surface area contributed by atoms with Gasteiger partial charge < -0.3 is 9.64 Å². The van der Waals surface area contributed by atoms with Gasteiger partial charge in [-0.3, -0.25) is 0 Å². The van der Waals surface area contributed by atoms with Crippen molar-refractivity contribution < 1.29 is 6.16 Å². The maximum atomic E-state index is 5.43. The van der Waals surface area contributed by atoms with Crippen LogP contribution >= 0.6 is 0 Å². The van der Waals surface area contributed by atoms with Crippen molar-refractivity contribution in [3.8, 4) is 0 Å². The zero-order valence-electron chi connectivity index (χ0n) is 21.4. The lowest BCUT2D eigenvalue weighted by atomic mass is 9.81. The van der Waals surface area contributed by atoms with Crippen LogP contribution in [0.15, 0.2) is 66.7 Å². The summed E-state index contributed by atoms with van der Waals surface area (Å²) < 4.78 is 5.43. The summed E-state index contributed by atoms with van der Waals surface area (Å²) in [6.45, 7) is 5.90. The first-order valence-electron chi connectivity index (χ1n) is 12.8. The summed E-state index contributed by atoms with van der Waals surface area (Å²) in [7, 11) is 4.11. The van der Waals surface area contributed by atoms with Crippen LogP contribution in [0.25, 0.3) is 10.9 Å². The Balaban J connectivity index is 0.000000378. The normalized spacial score (nSPS) is 17.5. The van der Waals surface area contributed by atoms with Crippen molar-refractivity contribution in [2.24, 2.45) is 11.8 Å². The second-order valence-electron chi connectivity index (χ2n) is 9.59. The molecule has 2 aromatic carbocycles. The summed E-state index contributed by atoms with van der Waals surface area (Å²) in [4.78, 5) is 11.7. The molecule has 4 nitrogen and oxygen atoms in total. The van der Waals surface area contributed by atoms with Crippen LogP contribution in [0, 0.1) is 11.8 Å². The Morgan fingerprint density at radius 1 is 0.943 bits per heavy atom. The van der Waals surface area contributed by atoms with Crippen molar-refractivity contribution in [2.45, 2.75) is 66.4 Å². The van der Waals surface area contributed by atoms with Crippen LogP contribution in [0.5, 0.6) is 0 Å². The van der Waals surface area contributed by atoms with E-state index in [2.05, 4.69) is 81.4 Å². The average molecular weight is 478 g/mol. The number of ether oxygens (including phenoxy) is 1. The van der Waals surface area contributed by atoms with Crippen molar-refractivity contribution in [1.82, 2.24) is 9.97 Å². The van der Waals surface area contributed by atoms with Crippen LogP contribution < -0.4 is 4.90 Å². The van der Waals surface area contributed by atoms with Gasteiger partial charge in [0, 0.05) is 27.3 Å². The summed E-state index contributed by atoms with van der Waals surface area (Å²) in [5.74, 6) is 3.71. The fraction of sp³-hybridized carbons (Fsp3) is 0.484. The second kappa shape index (κ2) is 15.3.